The fourth-order valence-corrected chi connectivity index (χ4v) is 4.17. The highest BCUT2D eigenvalue weighted by Crippen LogP contribution is 2.25. The quantitative estimate of drug-likeness (QED) is 0.0880. The number of nitrogens with one attached hydrogen (secondary N) is 1. The topological polar surface area (TPSA) is 271 Å². The van der Waals surface area contributed by atoms with E-state index in [1.54, 1.807) is 0 Å². The minimum absolute atomic E-state index is 0.0566. The molecule has 0 saturated carbocycles. The van der Waals surface area contributed by atoms with Gasteiger partial charge in [0.15, 0.2) is 16.7 Å². The second-order valence-corrected chi connectivity index (χ2v) is 9.69. The van der Waals surface area contributed by atoms with Crippen LogP contribution in [0.4, 0.5) is 5.13 Å². The average Bonchev–Trinajstić information content (AvgIpc) is 3.39. The van der Waals surface area contributed by atoms with Crippen molar-refractivity contribution in [3.8, 4) is 0 Å². The van der Waals surface area contributed by atoms with Gasteiger partial charge >= 0.3 is 16.3 Å². The number of aliphatic carboxylic acids is 1. The Labute approximate surface area is 200 Å². The third-order valence-electron chi connectivity index (χ3n) is 4.59. The lowest BCUT2D eigenvalue weighted by Crippen LogP contribution is -2.73. The molecule has 2 aromatic heterocycles. The first-order valence-corrected chi connectivity index (χ1v) is 11.8. The van der Waals surface area contributed by atoms with E-state index < -0.39 is 51.5 Å². The minimum Gasteiger partial charge on any atom is -0.478 e. The zero-order chi connectivity index (χ0) is 26.1. The number of rotatable bonds is 10. The number of amides is 2. The predicted molar refractivity (Wildman–Crippen MR) is 116 cm³/mol. The van der Waals surface area contributed by atoms with Crippen LogP contribution in [0.1, 0.15) is 25.4 Å². The lowest BCUT2D eigenvalue weighted by molar-refractivity contribution is -0.161. The summed E-state index contributed by atoms with van der Waals surface area (Å²) in [6.45, 7) is 1.91. The van der Waals surface area contributed by atoms with Gasteiger partial charge in [0, 0.05) is 5.38 Å². The first kappa shape index (κ1) is 25.9. The number of nitrogens with two attached hydrogens (primary N) is 2. The summed E-state index contributed by atoms with van der Waals surface area (Å²) < 4.78 is 33.0. The summed E-state index contributed by atoms with van der Waals surface area (Å²) in [5.41, 5.74) is 8.55. The summed E-state index contributed by atoms with van der Waals surface area (Å²) in [4.78, 5) is 46.6. The van der Waals surface area contributed by atoms with E-state index in [9.17, 15) is 32.5 Å². The fourth-order valence-electron chi connectivity index (χ4n) is 2.75. The van der Waals surface area contributed by atoms with Crippen LogP contribution in [0.2, 0.25) is 0 Å². The number of oxime groups is 1. The van der Waals surface area contributed by atoms with Crippen LogP contribution in [0.3, 0.4) is 0 Å². The van der Waals surface area contributed by atoms with Crippen LogP contribution in [-0.4, -0.2) is 88.8 Å². The van der Waals surface area contributed by atoms with Crippen molar-refractivity contribution in [2.75, 3.05) is 5.73 Å². The molecule has 1 fully saturated rings. The number of carbonyl (C=O) groups is 3. The summed E-state index contributed by atoms with van der Waals surface area (Å²) >= 11 is 0.949. The lowest BCUT2D eigenvalue weighted by atomic mass is 9.98. The Kier molecular flexibility index (Phi) is 7.01. The zero-order valence-corrected chi connectivity index (χ0v) is 19.7. The second kappa shape index (κ2) is 9.48. The van der Waals surface area contributed by atoms with Crippen LogP contribution in [0.15, 0.2) is 10.5 Å². The molecule has 7 N–H and O–H groups in total. The molecule has 0 bridgehead atoms. The monoisotopic (exact) mass is 532 g/mol. The van der Waals surface area contributed by atoms with Crippen molar-refractivity contribution in [1.82, 2.24) is 34.8 Å². The van der Waals surface area contributed by atoms with Crippen LogP contribution in [-0.2, 0) is 42.6 Å². The Hall–Kier alpha value is -3.75. The summed E-state index contributed by atoms with van der Waals surface area (Å²) in [5, 5.41) is 27.6. The first-order valence-electron chi connectivity index (χ1n) is 9.54. The van der Waals surface area contributed by atoms with Gasteiger partial charge < -0.3 is 26.7 Å². The molecule has 1 unspecified atom stereocenters. The Bertz CT molecular complexity index is 1290. The zero-order valence-electron chi connectivity index (χ0n) is 18.1. The molecule has 1 aliphatic rings. The number of carbonyl (C=O) groups excluding carboxylic acids is 2. The maximum Gasteiger partial charge on any atom is 0.362 e. The fraction of sp³-hybridized carbons (Fsp3) is 0.467. The Morgan fingerprint density at radius 3 is 2.60 bits per heavy atom. The van der Waals surface area contributed by atoms with Crippen LogP contribution in [0.25, 0.3) is 0 Å². The standard InChI is InChI=1S/C15H20N10O8S2/c1-15(2,13(28)29)33-22-9(6-5-34-14(17)18-6)11(26)19-10-7(25(12(10)27)35(30,31)32)4-24-21-8(3-16)20-23-24/h5,7,10H,3-4,16H2,1-2H3,(H2,17,18)(H,19,26)(H,28,29)(H,30,31,32)/b22-9-/t7-,10?/m0/s1. The molecular formula is C15H20N10O8S2. The molecule has 18 nitrogen and oxygen atoms in total. The molecule has 2 aromatic rings. The number of nitrogen functional groups attached to an aromatic ring is 1. The van der Waals surface area contributed by atoms with Crippen LogP contribution in [0.5, 0.6) is 0 Å². The molecule has 1 aliphatic heterocycles. The van der Waals surface area contributed by atoms with Crippen molar-refractivity contribution in [2.45, 2.75) is 44.6 Å². The summed E-state index contributed by atoms with van der Waals surface area (Å²) in [6, 6.07) is -2.83. The minimum atomic E-state index is -4.99. The maximum atomic E-state index is 13.0. The van der Waals surface area contributed by atoms with Gasteiger partial charge in [-0.3, -0.25) is 14.1 Å². The van der Waals surface area contributed by atoms with Crippen LogP contribution in [0, 0.1) is 0 Å². The number of carboxylic acid groups (broad SMARTS) is 1. The number of carboxylic acids is 1. The van der Waals surface area contributed by atoms with E-state index in [-0.39, 0.29) is 34.0 Å². The van der Waals surface area contributed by atoms with Gasteiger partial charge in [-0.15, -0.1) is 21.5 Å². The van der Waals surface area contributed by atoms with Gasteiger partial charge in [-0.05, 0) is 19.1 Å². The van der Waals surface area contributed by atoms with Crippen molar-refractivity contribution in [3.63, 3.8) is 0 Å². The highest BCUT2D eigenvalue weighted by molar-refractivity contribution is 7.84. The van der Waals surface area contributed by atoms with Gasteiger partial charge in [-0.1, -0.05) is 5.16 Å². The number of aromatic nitrogens is 5. The van der Waals surface area contributed by atoms with E-state index in [2.05, 4.69) is 30.9 Å². The average molecular weight is 533 g/mol. The number of β-lactam (4-membered cyclic amide) rings is 1. The van der Waals surface area contributed by atoms with E-state index in [0.717, 1.165) is 16.1 Å². The smallest absolute Gasteiger partial charge is 0.362 e. The van der Waals surface area contributed by atoms with Gasteiger partial charge in [-0.2, -0.15) is 13.2 Å². The first-order chi connectivity index (χ1) is 16.2. The number of hydrogen-bond donors (Lipinski definition) is 5. The SMILES string of the molecule is CC(C)(O/N=C(\C(=O)NC1C(=O)N(S(=O)(=O)O)[C@H]1Cn1nnc(CN)n1)c1csc(N)n1)C(=O)O. The van der Waals surface area contributed by atoms with E-state index in [4.69, 9.17) is 16.3 Å². The molecule has 20 heteroatoms. The molecule has 0 aliphatic carbocycles. The van der Waals surface area contributed by atoms with E-state index in [0.29, 0.717) is 0 Å². The molecule has 3 rings (SSSR count). The number of anilines is 1. The van der Waals surface area contributed by atoms with Gasteiger partial charge in [0.1, 0.15) is 17.8 Å². The second-order valence-electron chi connectivity index (χ2n) is 7.51. The number of nitrogens with zero attached hydrogens (tertiary/aromatic N) is 7. The largest absolute Gasteiger partial charge is 0.478 e. The van der Waals surface area contributed by atoms with Gasteiger partial charge in [0.25, 0.3) is 11.8 Å². The molecule has 2 amide bonds. The Balaban J connectivity index is 1.89. The summed E-state index contributed by atoms with van der Waals surface area (Å²) in [6.07, 6.45) is 0. The number of tetrazole rings is 1. The molecule has 35 heavy (non-hydrogen) atoms. The maximum absolute atomic E-state index is 13.0. The summed E-state index contributed by atoms with van der Waals surface area (Å²) in [7, 11) is -4.99. The normalized spacial score (nSPS) is 18.8. The van der Waals surface area contributed by atoms with Crippen molar-refractivity contribution in [2.24, 2.45) is 10.9 Å². The van der Waals surface area contributed by atoms with Gasteiger partial charge in [-0.25, -0.2) is 14.1 Å². The van der Waals surface area contributed by atoms with Crippen LogP contribution < -0.4 is 16.8 Å². The molecule has 1 saturated heterocycles. The lowest BCUT2D eigenvalue weighted by Gasteiger charge is -2.43. The van der Waals surface area contributed by atoms with Crippen molar-refractivity contribution in [1.29, 1.82) is 0 Å². The third-order valence-corrected chi connectivity index (χ3v) is 6.21. The molecule has 0 aromatic carbocycles. The Morgan fingerprint density at radius 2 is 2.09 bits per heavy atom. The van der Waals surface area contributed by atoms with Gasteiger partial charge in [0.2, 0.25) is 5.60 Å². The van der Waals surface area contributed by atoms with E-state index in [1.165, 1.54) is 19.2 Å². The highest BCUT2D eigenvalue weighted by Gasteiger charge is 2.54. The van der Waals surface area contributed by atoms with Crippen molar-refractivity contribution < 1.29 is 37.3 Å². The molecular weight excluding hydrogens is 512 g/mol. The van der Waals surface area contributed by atoms with E-state index >= 15 is 0 Å². The van der Waals surface area contributed by atoms with E-state index in [1.807, 2.05) is 0 Å². The molecule has 3 heterocycles. The van der Waals surface area contributed by atoms with Crippen molar-refractivity contribution in [3.05, 3.63) is 16.9 Å². The molecule has 0 radical (unpaired) electrons. The molecule has 2 atom stereocenters. The third kappa shape index (κ3) is 5.50. The molecule has 0 spiro atoms. The van der Waals surface area contributed by atoms with Crippen molar-refractivity contribution >= 4 is 50.3 Å². The highest BCUT2D eigenvalue weighted by atomic mass is 32.2. The number of hydrogen-bond acceptors (Lipinski definition) is 14. The number of thiazole rings is 1. The summed E-state index contributed by atoms with van der Waals surface area (Å²) in [5.74, 6) is -3.48. The molecule has 190 valence electrons. The predicted octanol–water partition coefficient (Wildman–Crippen LogP) is -3.05. The Morgan fingerprint density at radius 1 is 1.40 bits per heavy atom. The van der Waals surface area contributed by atoms with Gasteiger partial charge in [0.05, 0.1) is 13.1 Å². The van der Waals surface area contributed by atoms with Crippen LogP contribution >= 0.6 is 11.3 Å².